The predicted molar refractivity (Wildman–Crippen MR) is 68.0 cm³/mol. The molecule has 2 rings (SSSR count). The summed E-state index contributed by atoms with van der Waals surface area (Å²) in [5.74, 6) is -3.65. The summed E-state index contributed by atoms with van der Waals surface area (Å²) in [4.78, 5) is 18.2. The Hall–Kier alpha value is -1.92. The molecule has 104 valence electrons. The summed E-state index contributed by atoms with van der Waals surface area (Å²) in [5, 5.41) is 18.1. The van der Waals surface area contributed by atoms with Crippen molar-refractivity contribution in [2.75, 3.05) is 19.7 Å². The Morgan fingerprint density at radius 1 is 1.21 bits per heavy atom. The fourth-order valence-corrected chi connectivity index (χ4v) is 1.63. The summed E-state index contributed by atoms with van der Waals surface area (Å²) in [6, 6.07) is 10.5. The van der Waals surface area contributed by atoms with Crippen molar-refractivity contribution in [3.8, 4) is 0 Å². The zero-order chi connectivity index (χ0) is 14.1. The van der Waals surface area contributed by atoms with Gasteiger partial charge in [0.2, 0.25) is 0 Å². The number of carboxylic acid groups (broad SMARTS) is 2. The Kier molecular flexibility index (Phi) is 6.56. The summed E-state index contributed by atoms with van der Waals surface area (Å²) in [6.45, 7) is 2.82. The second-order valence-electron chi connectivity index (χ2n) is 4.00. The van der Waals surface area contributed by atoms with E-state index < -0.39 is 11.9 Å². The van der Waals surface area contributed by atoms with Gasteiger partial charge in [-0.25, -0.2) is 9.59 Å². The Morgan fingerprint density at radius 2 is 1.84 bits per heavy atom. The number of aliphatic carboxylic acids is 2. The van der Waals surface area contributed by atoms with Crippen LogP contribution in [0.3, 0.4) is 0 Å². The van der Waals surface area contributed by atoms with Crippen LogP contribution in [-0.2, 0) is 20.7 Å². The fourth-order valence-electron chi connectivity index (χ4n) is 1.63. The Balaban J connectivity index is 0.000000258. The first-order valence-electron chi connectivity index (χ1n) is 5.92. The molecule has 0 spiro atoms. The standard InChI is InChI=1S/C11H15NO.C2H2O4/c1-2-4-10(5-3-1)8-11-9-12-6-7-13-11;3-1(4)2(5)6/h1-5,11-12H,6-9H2;(H,3,4)(H,5,6). The summed E-state index contributed by atoms with van der Waals surface area (Å²) < 4.78 is 5.62. The normalized spacial score (nSPS) is 18.0. The highest BCUT2D eigenvalue weighted by atomic mass is 16.5. The van der Waals surface area contributed by atoms with Crippen molar-refractivity contribution in [2.24, 2.45) is 0 Å². The zero-order valence-corrected chi connectivity index (χ0v) is 10.4. The van der Waals surface area contributed by atoms with E-state index in [1.807, 2.05) is 6.07 Å². The lowest BCUT2D eigenvalue weighted by Crippen LogP contribution is -2.39. The summed E-state index contributed by atoms with van der Waals surface area (Å²) in [6.07, 6.45) is 1.38. The number of carbonyl (C=O) groups is 2. The van der Waals surface area contributed by atoms with E-state index >= 15 is 0 Å². The SMILES string of the molecule is O=C(O)C(=O)O.c1ccc(CC2CNCCO2)cc1. The van der Waals surface area contributed by atoms with Gasteiger partial charge in [-0.15, -0.1) is 0 Å². The lowest BCUT2D eigenvalue weighted by atomic mass is 10.1. The lowest BCUT2D eigenvalue weighted by molar-refractivity contribution is -0.159. The number of hydrogen-bond donors (Lipinski definition) is 3. The van der Waals surface area contributed by atoms with Gasteiger partial charge in [-0.1, -0.05) is 30.3 Å². The molecule has 0 aliphatic carbocycles. The minimum Gasteiger partial charge on any atom is -0.473 e. The molecule has 1 aromatic carbocycles. The van der Waals surface area contributed by atoms with Crippen LogP contribution in [0.5, 0.6) is 0 Å². The maximum Gasteiger partial charge on any atom is 0.414 e. The van der Waals surface area contributed by atoms with Gasteiger partial charge in [-0.05, 0) is 12.0 Å². The van der Waals surface area contributed by atoms with Crippen LogP contribution in [0.4, 0.5) is 0 Å². The van der Waals surface area contributed by atoms with E-state index in [9.17, 15) is 0 Å². The van der Waals surface area contributed by atoms with Gasteiger partial charge in [-0.3, -0.25) is 0 Å². The molecular weight excluding hydrogens is 250 g/mol. The highest BCUT2D eigenvalue weighted by Crippen LogP contribution is 2.06. The number of carboxylic acids is 2. The molecule has 1 atom stereocenters. The molecule has 0 aromatic heterocycles. The molecule has 3 N–H and O–H groups in total. The third kappa shape index (κ3) is 6.54. The molecule has 0 radical (unpaired) electrons. The minimum atomic E-state index is -1.82. The van der Waals surface area contributed by atoms with Crippen LogP contribution in [0.25, 0.3) is 0 Å². The van der Waals surface area contributed by atoms with Crippen molar-refractivity contribution in [1.29, 1.82) is 0 Å². The summed E-state index contributed by atoms with van der Waals surface area (Å²) in [5.41, 5.74) is 1.36. The molecule has 1 saturated heterocycles. The van der Waals surface area contributed by atoms with E-state index in [0.29, 0.717) is 6.10 Å². The first-order valence-corrected chi connectivity index (χ1v) is 5.92. The fraction of sp³-hybridized carbons (Fsp3) is 0.385. The largest absolute Gasteiger partial charge is 0.473 e. The minimum absolute atomic E-state index is 0.358. The van der Waals surface area contributed by atoms with E-state index in [2.05, 4.69) is 29.6 Å². The number of nitrogens with one attached hydrogen (secondary N) is 1. The van der Waals surface area contributed by atoms with Gasteiger partial charge < -0.3 is 20.3 Å². The van der Waals surface area contributed by atoms with Gasteiger partial charge >= 0.3 is 11.9 Å². The van der Waals surface area contributed by atoms with Crippen molar-refractivity contribution < 1.29 is 24.5 Å². The van der Waals surface area contributed by atoms with E-state index in [1.54, 1.807) is 0 Å². The molecule has 1 unspecified atom stereocenters. The second kappa shape index (κ2) is 8.23. The number of hydrogen-bond acceptors (Lipinski definition) is 4. The van der Waals surface area contributed by atoms with E-state index in [-0.39, 0.29) is 0 Å². The predicted octanol–water partition coefficient (Wildman–Crippen LogP) is 0.373. The lowest BCUT2D eigenvalue weighted by Gasteiger charge is -2.23. The van der Waals surface area contributed by atoms with Crippen LogP contribution in [-0.4, -0.2) is 48.0 Å². The monoisotopic (exact) mass is 267 g/mol. The Morgan fingerprint density at radius 3 is 2.32 bits per heavy atom. The van der Waals surface area contributed by atoms with Gasteiger partial charge in [0.05, 0.1) is 12.7 Å². The molecule has 19 heavy (non-hydrogen) atoms. The molecule has 1 aromatic rings. The van der Waals surface area contributed by atoms with Crippen LogP contribution in [0.2, 0.25) is 0 Å². The highest BCUT2D eigenvalue weighted by Gasteiger charge is 2.13. The third-order valence-corrected chi connectivity index (χ3v) is 2.49. The van der Waals surface area contributed by atoms with Crippen molar-refractivity contribution in [1.82, 2.24) is 5.32 Å². The average molecular weight is 267 g/mol. The van der Waals surface area contributed by atoms with E-state index in [4.69, 9.17) is 24.5 Å². The molecule has 0 saturated carbocycles. The molecule has 6 nitrogen and oxygen atoms in total. The van der Waals surface area contributed by atoms with E-state index in [1.165, 1.54) is 5.56 Å². The van der Waals surface area contributed by atoms with Gasteiger partial charge in [0, 0.05) is 13.1 Å². The topological polar surface area (TPSA) is 95.9 Å². The van der Waals surface area contributed by atoms with Gasteiger partial charge in [0.25, 0.3) is 0 Å². The maximum absolute atomic E-state index is 9.10. The van der Waals surface area contributed by atoms with Gasteiger partial charge in [0.1, 0.15) is 0 Å². The second-order valence-corrected chi connectivity index (χ2v) is 4.00. The Labute approximate surface area is 111 Å². The van der Waals surface area contributed by atoms with Gasteiger partial charge in [0.15, 0.2) is 0 Å². The van der Waals surface area contributed by atoms with Crippen molar-refractivity contribution in [3.63, 3.8) is 0 Å². The van der Waals surface area contributed by atoms with Crippen molar-refractivity contribution in [2.45, 2.75) is 12.5 Å². The van der Waals surface area contributed by atoms with Crippen LogP contribution in [0, 0.1) is 0 Å². The number of rotatable bonds is 2. The number of benzene rings is 1. The molecule has 1 fully saturated rings. The smallest absolute Gasteiger partial charge is 0.414 e. The number of morpholine rings is 1. The van der Waals surface area contributed by atoms with Crippen LogP contribution < -0.4 is 5.32 Å². The average Bonchev–Trinajstić information content (AvgIpc) is 2.41. The van der Waals surface area contributed by atoms with Gasteiger partial charge in [-0.2, -0.15) is 0 Å². The summed E-state index contributed by atoms with van der Waals surface area (Å²) in [7, 11) is 0. The molecule has 1 heterocycles. The van der Waals surface area contributed by atoms with Crippen LogP contribution in [0.1, 0.15) is 5.56 Å². The molecule has 0 amide bonds. The number of ether oxygens (including phenoxy) is 1. The van der Waals surface area contributed by atoms with Crippen molar-refractivity contribution in [3.05, 3.63) is 35.9 Å². The molecular formula is C13H17NO5. The highest BCUT2D eigenvalue weighted by molar-refractivity contribution is 6.27. The molecule has 0 bridgehead atoms. The van der Waals surface area contributed by atoms with E-state index in [0.717, 1.165) is 26.1 Å². The quantitative estimate of drug-likeness (QED) is 0.670. The van der Waals surface area contributed by atoms with Crippen molar-refractivity contribution >= 4 is 11.9 Å². The third-order valence-electron chi connectivity index (χ3n) is 2.49. The van der Waals surface area contributed by atoms with Crippen LogP contribution >= 0.6 is 0 Å². The van der Waals surface area contributed by atoms with Crippen LogP contribution in [0.15, 0.2) is 30.3 Å². The Bertz CT molecular complexity index is 389. The first kappa shape index (κ1) is 15.1. The first-order chi connectivity index (χ1) is 9.09. The molecule has 1 aliphatic rings. The zero-order valence-electron chi connectivity index (χ0n) is 10.4. The summed E-state index contributed by atoms with van der Waals surface area (Å²) >= 11 is 0. The molecule has 1 aliphatic heterocycles. The molecule has 6 heteroatoms. The maximum atomic E-state index is 9.10.